The maximum absolute atomic E-state index is 9.50. The van der Waals surface area contributed by atoms with E-state index < -0.39 is 0 Å². The van der Waals surface area contributed by atoms with Crippen molar-refractivity contribution in [3.63, 3.8) is 0 Å². The minimum absolute atomic E-state index is 0.0250. The SMILES string of the molecule is CCCCCCCCCCCCO[C@@H]1CC[C@H](OCOCCO)[C@@H](CO)O1. The van der Waals surface area contributed by atoms with Crippen LogP contribution in [0.15, 0.2) is 0 Å². The molecule has 0 aromatic carbocycles. The fraction of sp³-hybridized carbons (Fsp3) is 1.00. The molecule has 1 aliphatic rings. The van der Waals surface area contributed by atoms with Gasteiger partial charge in [0.25, 0.3) is 0 Å². The molecule has 2 N–H and O–H groups in total. The van der Waals surface area contributed by atoms with Crippen LogP contribution in [0, 0.1) is 0 Å². The van der Waals surface area contributed by atoms with E-state index in [1.165, 1.54) is 57.8 Å². The van der Waals surface area contributed by atoms with Gasteiger partial charge in [0.15, 0.2) is 6.29 Å². The van der Waals surface area contributed by atoms with E-state index in [0.717, 1.165) is 19.3 Å². The molecule has 0 aromatic heterocycles. The van der Waals surface area contributed by atoms with E-state index in [4.69, 9.17) is 24.1 Å². The van der Waals surface area contributed by atoms with Crippen molar-refractivity contribution >= 4 is 0 Å². The van der Waals surface area contributed by atoms with Gasteiger partial charge >= 0.3 is 0 Å². The van der Waals surface area contributed by atoms with Crippen LogP contribution >= 0.6 is 0 Å². The smallest absolute Gasteiger partial charge is 0.158 e. The van der Waals surface area contributed by atoms with E-state index in [9.17, 15) is 5.11 Å². The molecule has 3 atom stereocenters. The summed E-state index contributed by atoms with van der Waals surface area (Å²) in [6.45, 7) is 3.21. The van der Waals surface area contributed by atoms with Gasteiger partial charge in [-0.1, -0.05) is 64.7 Å². The van der Waals surface area contributed by atoms with Crippen LogP contribution in [-0.2, 0) is 18.9 Å². The Morgan fingerprint density at radius 1 is 0.815 bits per heavy atom. The molecular formula is C21H42O6. The Kier molecular flexibility index (Phi) is 16.4. The number of hydrogen-bond donors (Lipinski definition) is 2. The Balaban J connectivity index is 1.97. The highest BCUT2D eigenvalue weighted by Crippen LogP contribution is 2.23. The number of unbranched alkanes of at least 4 members (excludes halogenated alkanes) is 9. The highest BCUT2D eigenvalue weighted by molar-refractivity contribution is 4.76. The molecular weight excluding hydrogens is 348 g/mol. The van der Waals surface area contributed by atoms with Gasteiger partial charge in [0.2, 0.25) is 0 Å². The molecule has 1 heterocycles. The van der Waals surface area contributed by atoms with Crippen molar-refractivity contribution in [2.24, 2.45) is 0 Å². The normalized spacial score (nSPS) is 23.0. The first-order valence-electron chi connectivity index (χ1n) is 11.0. The van der Waals surface area contributed by atoms with Gasteiger partial charge in [0, 0.05) is 13.0 Å². The average molecular weight is 391 g/mol. The Morgan fingerprint density at radius 2 is 1.48 bits per heavy atom. The molecule has 0 aromatic rings. The quantitative estimate of drug-likeness (QED) is 0.274. The first kappa shape index (κ1) is 24.8. The Bertz CT molecular complexity index is 315. The zero-order valence-corrected chi connectivity index (χ0v) is 17.3. The van der Waals surface area contributed by atoms with E-state index in [-0.39, 0.29) is 45.1 Å². The molecule has 162 valence electrons. The van der Waals surface area contributed by atoms with Crippen molar-refractivity contribution in [2.45, 2.75) is 102 Å². The standard InChI is InChI=1S/C21H42O6/c1-2-3-4-5-6-7-8-9-10-11-15-25-21-13-12-19(20(17-23)27-21)26-18-24-16-14-22/h19-23H,2-18H2,1H3/t19-,20+,21-/m0/s1. The summed E-state index contributed by atoms with van der Waals surface area (Å²) in [6, 6.07) is 0. The lowest BCUT2D eigenvalue weighted by atomic mass is 10.1. The molecule has 27 heavy (non-hydrogen) atoms. The lowest BCUT2D eigenvalue weighted by molar-refractivity contribution is -0.249. The molecule has 0 unspecified atom stereocenters. The lowest BCUT2D eigenvalue weighted by Gasteiger charge is -2.35. The molecule has 0 amide bonds. The highest BCUT2D eigenvalue weighted by atomic mass is 16.7. The van der Waals surface area contributed by atoms with Crippen molar-refractivity contribution < 1.29 is 29.2 Å². The number of aliphatic hydroxyl groups excluding tert-OH is 2. The third kappa shape index (κ3) is 12.8. The van der Waals surface area contributed by atoms with Crippen LogP contribution in [0.4, 0.5) is 0 Å². The van der Waals surface area contributed by atoms with E-state index in [1.807, 2.05) is 0 Å². The molecule has 6 heteroatoms. The Hall–Kier alpha value is -0.240. The van der Waals surface area contributed by atoms with E-state index >= 15 is 0 Å². The van der Waals surface area contributed by atoms with Gasteiger partial charge in [0.05, 0.1) is 25.9 Å². The molecule has 1 saturated heterocycles. The predicted molar refractivity (Wildman–Crippen MR) is 106 cm³/mol. The van der Waals surface area contributed by atoms with Gasteiger partial charge in [-0.2, -0.15) is 0 Å². The van der Waals surface area contributed by atoms with E-state index in [2.05, 4.69) is 6.92 Å². The van der Waals surface area contributed by atoms with Crippen LogP contribution in [0.25, 0.3) is 0 Å². The highest BCUT2D eigenvalue weighted by Gasteiger charge is 2.32. The third-order valence-corrected chi connectivity index (χ3v) is 5.01. The number of hydrogen-bond acceptors (Lipinski definition) is 6. The zero-order chi connectivity index (χ0) is 19.6. The predicted octanol–water partition coefficient (Wildman–Crippen LogP) is 3.77. The van der Waals surface area contributed by atoms with Crippen molar-refractivity contribution in [2.75, 3.05) is 33.2 Å². The summed E-state index contributed by atoms with van der Waals surface area (Å²) < 4.78 is 22.3. The number of ether oxygens (including phenoxy) is 4. The molecule has 1 aliphatic heterocycles. The number of aliphatic hydroxyl groups is 2. The third-order valence-electron chi connectivity index (χ3n) is 5.01. The molecule has 1 rings (SSSR count). The van der Waals surface area contributed by atoms with Crippen LogP contribution in [0.3, 0.4) is 0 Å². The van der Waals surface area contributed by atoms with Crippen LogP contribution in [0.1, 0.15) is 84.0 Å². The van der Waals surface area contributed by atoms with Crippen LogP contribution in [0.2, 0.25) is 0 Å². The minimum atomic E-state index is -0.380. The van der Waals surface area contributed by atoms with Gasteiger partial charge in [-0.3, -0.25) is 0 Å². The molecule has 6 nitrogen and oxygen atoms in total. The molecule has 0 radical (unpaired) electrons. The van der Waals surface area contributed by atoms with Gasteiger partial charge < -0.3 is 29.2 Å². The molecule has 0 aliphatic carbocycles. The Labute approximate surface area is 165 Å². The van der Waals surface area contributed by atoms with Crippen LogP contribution < -0.4 is 0 Å². The van der Waals surface area contributed by atoms with Crippen molar-refractivity contribution in [1.82, 2.24) is 0 Å². The van der Waals surface area contributed by atoms with Crippen molar-refractivity contribution in [1.29, 1.82) is 0 Å². The molecule has 0 saturated carbocycles. The van der Waals surface area contributed by atoms with Gasteiger partial charge in [0.1, 0.15) is 12.9 Å². The van der Waals surface area contributed by atoms with Gasteiger partial charge in [-0.15, -0.1) is 0 Å². The topological polar surface area (TPSA) is 77.4 Å². The second-order valence-corrected chi connectivity index (χ2v) is 7.37. The summed E-state index contributed by atoms with van der Waals surface area (Å²) in [4.78, 5) is 0. The number of rotatable bonds is 18. The second kappa shape index (κ2) is 17.8. The molecule has 0 bridgehead atoms. The molecule has 0 spiro atoms. The summed E-state index contributed by atoms with van der Waals surface area (Å²) in [6.07, 6.45) is 13.8. The lowest BCUT2D eigenvalue weighted by Crippen LogP contribution is -2.44. The Morgan fingerprint density at radius 3 is 2.11 bits per heavy atom. The average Bonchev–Trinajstić information content (AvgIpc) is 2.70. The van der Waals surface area contributed by atoms with Crippen LogP contribution in [-0.4, -0.2) is 61.9 Å². The van der Waals surface area contributed by atoms with Gasteiger partial charge in [-0.05, 0) is 12.8 Å². The van der Waals surface area contributed by atoms with E-state index in [0.29, 0.717) is 6.61 Å². The minimum Gasteiger partial charge on any atom is -0.394 e. The van der Waals surface area contributed by atoms with Gasteiger partial charge in [-0.25, -0.2) is 0 Å². The first-order valence-corrected chi connectivity index (χ1v) is 11.0. The fourth-order valence-electron chi connectivity index (χ4n) is 3.37. The largest absolute Gasteiger partial charge is 0.394 e. The van der Waals surface area contributed by atoms with E-state index in [1.54, 1.807) is 0 Å². The maximum atomic E-state index is 9.50. The summed E-state index contributed by atoms with van der Waals surface area (Å²) >= 11 is 0. The summed E-state index contributed by atoms with van der Waals surface area (Å²) in [5, 5.41) is 18.2. The summed E-state index contributed by atoms with van der Waals surface area (Å²) in [5.41, 5.74) is 0. The monoisotopic (exact) mass is 390 g/mol. The van der Waals surface area contributed by atoms with Crippen molar-refractivity contribution in [3.05, 3.63) is 0 Å². The second-order valence-electron chi connectivity index (χ2n) is 7.37. The summed E-state index contributed by atoms with van der Waals surface area (Å²) in [5.74, 6) is 0. The fourth-order valence-corrected chi connectivity index (χ4v) is 3.37. The maximum Gasteiger partial charge on any atom is 0.158 e. The zero-order valence-electron chi connectivity index (χ0n) is 17.3. The van der Waals surface area contributed by atoms with Crippen LogP contribution in [0.5, 0.6) is 0 Å². The first-order chi connectivity index (χ1) is 13.3. The summed E-state index contributed by atoms with van der Waals surface area (Å²) in [7, 11) is 0. The molecule has 1 fully saturated rings. The van der Waals surface area contributed by atoms with Crippen molar-refractivity contribution in [3.8, 4) is 0 Å².